The van der Waals surface area contributed by atoms with Gasteiger partial charge in [-0.3, -0.25) is 9.48 Å². The first-order valence-electron chi connectivity index (χ1n) is 7.64. The summed E-state index contributed by atoms with van der Waals surface area (Å²) in [6.45, 7) is 0.477. The number of rotatable bonds is 6. The molecule has 25 heavy (non-hydrogen) atoms. The van der Waals surface area contributed by atoms with E-state index in [-0.39, 0.29) is 22.9 Å². The molecule has 0 saturated heterocycles. The van der Waals surface area contributed by atoms with Crippen LogP contribution < -0.4 is 5.32 Å². The zero-order valence-corrected chi connectivity index (χ0v) is 14.3. The number of alkyl halides is 2. The van der Waals surface area contributed by atoms with E-state index in [2.05, 4.69) is 15.4 Å². The fraction of sp³-hybridized carbons (Fsp3) is 0.235. The third kappa shape index (κ3) is 4.08. The normalized spacial score (nSPS) is 11.0. The second kappa shape index (κ2) is 7.52. The minimum Gasteiger partial charge on any atom is -0.350 e. The molecule has 0 atom stereocenters. The number of halogens is 2. The largest absolute Gasteiger partial charge is 0.350 e. The lowest BCUT2D eigenvalue weighted by Gasteiger charge is -2.03. The van der Waals surface area contributed by atoms with E-state index in [4.69, 9.17) is 0 Å². The number of amides is 1. The lowest BCUT2D eigenvalue weighted by atomic mass is 10.1. The van der Waals surface area contributed by atoms with Gasteiger partial charge >= 0.3 is 0 Å². The van der Waals surface area contributed by atoms with Gasteiger partial charge < -0.3 is 5.32 Å². The van der Waals surface area contributed by atoms with Gasteiger partial charge in [0.1, 0.15) is 16.4 Å². The molecule has 130 valence electrons. The zero-order chi connectivity index (χ0) is 17.8. The molecule has 1 aromatic carbocycles. The minimum absolute atomic E-state index is 0.220. The second-order valence-electron chi connectivity index (χ2n) is 5.43. The van der Waals surface area contributed by atoms with Crippen LogP contribution in [-0.4, -0.2) is 27.2 Å². The van der Waals surface area contributed by atoms with Crippen LogP contribution in [0.3, 0.4) is 0 Å². The van der Waals surface area contributed by atoms with E-state index >= 15 is 0 Å². The molecule has 1 N–H and O–H groups in total. The number of nitrogens with zero attached hydrogens (tertiary/aromatic N) is 3. The zero-order valence-electron chi connectivity index (χ0n) is 13.4. The number of benzene rings is 1. The van der Waals surface area contributed by atoms with Crippen LogP contribution in [-0.2, 0) is 13.5 Å². The molecule has 0 bridgehead atoms. The van der Waals surface area contributed by atoms with Gasteiger partial charge in [-0.05, 0) is 12.0 Å². The summed E-state index contributed by atoms with van der Waals surface area (Å²) < 4.78 is 27.4. The Labute approximate surface area is 147 Å². The van der Waals surface area contributed by atoms with Gasteiger partial charge in [-0.2, -0.15) is 5.10 Å². The SMILES string of the molecule is Cn1cc(-c2nc(C(=O)NCCc3ccccc3)cs2)c(C(F)F)n1. The fourth-order valence-corrected chi connectivity index (χ4v) is 3.21. The topological polar surface area (TPSA) is 59.8 Å². The van der Waals surface area contributed by atoms with E-state index < -0.39 is 6.43 Å². The van der Waals surface area contributed by atoms with Crippen molar-refractivity contribution in [1.82, 2.24) is 20.1 Å². The number of hydrogen-bond donors (Lipinski definition) is 1. The van der Waals surface area contributed by atoms with Crippen molar-refractivity contribution >= 4 is 17.2 Å². The third-order valence-electron chi connectivity index (χ3n) is 3.57. The summed E-state index contributed by atoms with van der Waals surface area (Å²) in [5, 5.41) is 8.47. The molecule has 0 spiro atoms. The lowest BCUT2D eigenvalue weighted by molar-refractivity contribution is 0.0950. The van der Waals surface area contributed by atoms with Gasteiger partial charge in [-0.15, -0.1) is 11.3 Å². The molecule has 2 heterocycles. The van der Waals surface area contributed by atoms with Crippen molar-refractivity contribution in [2.45, 2.75) is 12.8 Å². The number of nitrogens with one attached hydrogen (secondary N) is 1. The number of aromatic nitrogens is 3. The number of carbonyl (C=O) groups is 1. The van der Waals surface area contributed by atoms with Gasteiger partial charge in [0.05, 0.1) is 5.56 Å². The van der Waals surface area contributed by atoms with E-state index in [0.29, 0.717) is 18.0 Å². The summed E-state index contributed by atoms with van der Waals surface area (Å²) in [5.41, 5.74) is 1.27. The van der Waals surface area contributed by atoms with Crippen LogP contribution in [0, 0.1) is 0 Å². The summed E-state index contributed by atoms with van der Waals surface area (Å²) in [5.74, 6) is -0.319. The Morgan fingerprint density at radius 2 is 2.08 bits per heavy atom. The minimum atomic E-state index is -2.69. The van der Waals surface area contributed by atoms with Gasteiger partial charge in [0, 0.05) is 25.2 Å². The second-order valence-corrected chi connectivity index (χ2v) is 6.29. The highest BCUT2D eigenvalue weighted by Crippen LogP contribution is 2.31. The maximum Gasteiger partial charge on any atom is 0.282 e. The summed E-state index contributed by atoms with van der Waals surface area (Å²) in [7, 11) is 1.57. The maximum atomic E-state index is 13.0. The Bertz CT molecular complexity index is 861. The Morgan fingerprint density at radius 1 is 1.32 bits per heavy atom. The van der Waals surface area contributed by atoms with Crippen molar-refractivity contribution in [1.29, 1.82) is 0 Å². The van der Waals surface area contributed by atoms with Crippen LogP contribution in [0.4, 0.5) is 8.78 Å². The predicted octanol–water partition coefficient (Wildman–Crippen LogP) is 3.45. The van der Waals surface area contributed by atoms with Gasteiger partial charge in [-0.1, -0.05) is 30.3 Å². The molecule has 0 radical (unpaired) electrons. The number of thiazole rings is 1. The Balaban J connectivity index is 1.66. The first-order chi connectivity index (χ1) is 12.0. The molecule has 0 aliphatic heterocycles. The van der Waals surface area contributed by atoms with Gasteiger partial charge in [0.2, 0.25) is 0 Å². The smallest absolute Gasteiger partial charge is 0.282 e. The van der Waals surface area contributed by atoms with Gasteiger partial charge in [-0.25, -0.2) is 13.8 Å². The van der Waals surface area contributed by atoms with Crippen LogP contribution >= 0.6 is 11.3 Å². The molecule has 3 rings (SSSR count). The molecule has 5 nitrogen and oxygen atoms in total. The summed E-state index contributed by atoms with van der Waals surface area (Å²) in [6, 6.07) is 9.80. The molecule has 2 aromatic heterocycles. The van der Waals surface area contributed by atoms with E-state index in [0.717, 1.165) is 16.9 Å². The Hall–Kier alpha value is -2.61. The Kier molecular flexibility index (Phi) is 5.18. The predicted molar refractivity (Wildman–Crippen MR) is 91.8 cm³/mol. The maximum absolute atomic E-state index is 13.0. The first-order valence-corrected chi connectivity index (χ1v) is 8.52. The fourth-order valence-electron chi connectivity index (χ4n) is 2.39. The highest BCUT2D eigenvalue weighted by molar-refractivity contribution is 7.13. The van der Waals surface area contributed by atoms with E-state index in [1.54, 1.807) is 12.4 Å². The van der Waals surface area contributed by atoms with Crippen LogP contribution in [0.2, 0.25) is 0 Å². The third-order valence-corrected chi connectivity index (χ3v) is 4.45. The van der Waals surface area contributed by atoms with Gasteiger partial charge in [0.25, 0.3) is 12.3 Å². The number of carbonyl (C=O) groups excluding carboxylic acids is 1. The molecule has 0 aliphatic rings. The highest BCUT2D eigenvalue weighted by atomic mass is 32.1. The van der Waals surface area contributed by atoms with Crippen molar-refractivity contribution in [2.75, 3.05) is 6.54 Å². The molecule has 8 heteroatoms. The average Bonchev–Trinajstić information content (AvgIpc) is 3.22. The summed E-state index contributed by atoms with van der Waals surface area (Å²) >= 11 is 1.15. The Morgan fingerprint density at radius 3 is 2.80 bits per heavy atom. The molecule has 0 aliphatic carbocycles. The molecular formula is C17H16F2N4OS. The number of aryl methyl sites for hydroxylation is 1. The lowest BCUT2D eigenvalue weighted by Crippen LogP contribution is -2.25. The first kappa shape index (κ1) is 17.2. The number of hydrogen-bond acceptors (Lipinski definition) is 4. The van der Waals surface area contributed by atoms with Crippen molar-refractivity contribution < 1.29 is 13.6 Å². The highest BCUT2D eigenvalue weighted by Gasteiger charge is 2.21. The molecule has 0 fully saturated rings. The van der Waals surface area contributed by atoms with Crippen molar-refractivity contribution in [3.8, 4) is 10.6 Å². The van der Waals surface area contributed by atoms with Crippen LogP contribution in [0.5, 0.6) is 0 Å². The quantitative estimate of drug-likeness (QED) is 0.731. The van der Waals surface area contributed by atoms with E-state index in [9.17, 15) is 13.6 Å². The average molecular weight is 362 g/mol. The molecule has 0 saturated carbocycles. The van der Waals surface area contributed by atoms with Crippen molar-refractivity contribution in [2.24, 2.45) is 7.05 Å². The summed E-state index contributed by atoms with van der Waals surface area (Å²) in [6.07, 6.45) is -0.498. The molecule has 0 unspecified atom stereocenters. The van der Waals surface area contributed by atoms with Gasteiger partial charge in [0.15, 0.2) is 0 Å². The van der Waals surface area contributed by atoms with Crippen molar-refractivity contribution in [3.63, 3.8) is 0 Å². The molecule has 1 amide bonds. The van der Waals surface area contributed by atoms with Crippen LogP contribution in [0.25, 0.3) is 10.6 Å². The standard InChI is InChI=1S/C17H16F2N4OS/c1-23-9-12(14(22-23)15(18)19)17-21-13(10-25-17)16(24)20-8-7-11-5-3-2-4-6-11/h2-6,9-10,15H,7-8H2,1H3,(H,20,24). The molecule has 3 aromatic rings. The summed E-state index contributed by atoms with van der Waals surface area (Å²) in [4.78, 5) is 16.3. The monoisotopic (exact) mass is 362 g/mol. The van der Waals surface area contributed by atoms with Crippen LogP contribution in [0.1, 0.15) is 28.2 Å². The van der Waals surface area contributed by atoms with E-state index in [1.165, 1.54) is 10.9 Å². The van der Waals surface area contributed by atoms with Crippen molar-refractivity contribution in [3.05, 3.63) is 58.9 Å². The van der Waals surface area contributed by atoms with E-state index in [1.807, 2.05) is 30.3 Å². The van der Waals surface area contributed by atoms with Crippen LogP contribution in [0.15, 0.2) is 41.9 Å². The molecular weight excluding hydrogens is 346 g/mol.